The number of nitrogens with zero attached hydrogens (tertiary/aromatic N) is 1. The zero-order valence-electron chi connectivity index (χ0n) is 14.4. The first-order valence-electron chi connectivity index (χ1n) is 8.91. The molecule has 3 N–H and O–H groups in total. The van der Waals surface area contributed by atoms with Gasteiger partial charge < -0.3 is 20.5 Å². The Balaban J connectivity index is 1.38. The molecule has 1 spiro atoms. The number of hydrogen-bond donors (Lipinski definition) is 3. The molecule has 4 rings (SSSR count). The first-order valence-corrected chi connectivity index (χ1v) is 9.85. The highest BCUT2D eigenvalue weighted by Gasteiger charge is 2.66. The minimum Gasteiger partial charge on any atom is -0.384 e. The summed E-state index contributed by atoms with van der Waals surface area (Å²) in [7, 11) is 1.80. The highest BCUT2D eigenvalue weighted by Crippen LogP contribution is 2.62. The molecule has 1 aromatic rings. The average molecular weight is 350 g/mol. The summed E-state index contributed by atoms with van der Waals surface area (Å²) in [6.45, 7) is 3.18. The van der Waals surface area contributed by atoms with Gasteiger partial charge in [-0.25, -0.2) is 0 Å². The van der Waals surface area contributed by atoms with Crippen LogP contribution in [0, 0.1) is 11.3 Å². The number of fused-ring (bicyclic) bond motifs is 2. The van der Waals surface area contributed by atoms with Crippen LogP contribution in [0.5, 0.6) is 0 Å². The molecule has 5 nitrogen and oxygen atoms in total. The second-order valence-electron chi connectivity index (χ2n) is 7.66. The molecule has 132 valence electrons. The maximum atomic E-state index is 10.7. The molecular formula is C18H27N3O2S. The Hall–Kier alpha value is -1.11. The molecule has 24 heavy (non-hydrogen) atoms. The van der Waals surface area contributed by atoms with Gasteiger partial charge in [0.15, 0.2) is 5.96 Å². The molecule has 2 aliphatic carbocycles. The summed E-state index contributed by atoms with van der Waals surface area (Å²) in [4.78, 5) is 4.38. The van der Waals surface area contributed by atoms with E-state index in [1.54, 1.807) is 18.4 Å². The molecular weight excluding hydrogens is 322 g/mol. The predicted molar refractivity (Wildman–Crippen MR) is 96.3 cm³/mol. The van der Waals surface area contributed by atoms with Gasteiger partial charge >= 0.3 is 0 Å². The van der Waals surface area contributed by atoms with E-state index in [2.05, 4.69) is 15.6 Å². The Morgan fingerprint density at radius 3 is 3.00 bits per heavy atom. The van der Waals surface area contributed by atoms with Crippen LogP contribution in [-0.2, 0) is 10.3 Å². The normalized spacial score (nSPS) is 33.3. The van der Waals surface area contributed by atoms with Gasteiger partial charge in [-0.3, -0.25) is 4.99 Å². The molecule has 1 saturated heterocycles. The van der Waals surface area contributed by atoms with Gasteiger partial charge in [-0.2, -0.15) is 11.3 Å². The summed E-state index contributed by atoms with van der Waals surface area (Å²) >= 11 is 1.60. The van der Waals surface area contributed by atoms with Crippen molar-refractivity contribution in [2.75, 3.05) is 20.2 Å². The number of thiophene rings is 1. The van der Waals surface area contributed by atoms with Gasteiger partial charge in [0.05, 0.1) is 12.6 Å². The van der Waals surface area contributed by atoms with E-state index in [-0.39, 0.29) is 0 Å². The zero-order chi connectivity index (χ0) is 16.8. The number of hydrogen-bond acceptors (Lipinski definition) is 4. The lowest BCUT2D eigenvalue weighted by molar-refractivity contribution is -0.171. The summed E-state index contributed by atoms with van der Waals surface area (Å²) in [5, 5.41) is 21.6. The van der Waals surface area contributed by atoms with Crippen LogP contribution in [0.2, 0.25) is 0 Å². The first kappa shape index (κ1) is 16.4. The maximum absolute atomic E-state index is 10.7. The summed E-state index contributed by atoms with van der Waals surface area (Å²) < 4.78 is 5.98. The van der Waals surface area contributed by atoms with Gasteiger partial charge in [0.1, 0.15) is 5.60 Å². The van der Waals surface area contributed by atoms with Crippen LogP contribution in [0.1, 0.15) is 38.2 Å². The average Bonchev–Trinajstić information content (AvgIpc) is 3.16. The molecule has 1 aromatic heterocycles. The van der Waals surface area contributed by atoms with Crippen molar-refractivity contribution in [1.82, 2.24) is 10.6 Å². The summed E-state index contributed by atoms with van der Waals surface area (Å²) in [5.41, 5.74) is 0.373. The minimum atomic E-state index is -0.898. The lowest BCUT2D eigenvalue weighted by Gasteiger charge is -2.63. The Labute approximate surface area is 147 Å². The molecule has 4 atom stereocenters. The quantitative estimate of drug-likeness (QED) is 0.575. The van der Waals surface area contributed by atoms with E-state index < -0.39 is 5.60 Å². The fourth-order valence-electron chi connectivity index (χ4n) is 4.73. The van der Waals surface area contributed by atoms with Crippen LogP contribution >= 0.6 is 11.3 Å². The number of ether oxygens (including phenoxy) is 1. The van der Waals surface area contributed by atoms with Gasteiger partial charge in [0.2, 0.25) is 0 Å². The highest BCUT2D eigenvalue weighted by molar-refractivity contribution is 7.08. The molecule has 0 radical (unpaired) electrons. The topological polar surface area (TPSA) is 65.9 Å². The van der Waals surface area contributed by atoms with Crippen LogP contribution in [0.25, 0.3) is 0 Å². The van der Waals surface area contributed by atoms with Crippen molar-refractivity contribution in [2.45, 2.75) is 50.4 Å². The van der Waals surface area contributed by atoms with Crippen LogP contribution in [0.3, 0.4) is 0 Å². The van der Waals surface area contributed by atoms with Crippen molar-refractivity contribution in [1.29, 1.82) is 0 Å². The zero-order valence-corrected chi connectivity index (χ0v) is 15.2. The van der Waals surface area contributed by atoms with Crippen LogP contribution in [-0.4, -0.2) is 43.4 Å². The number of nitrogens with one attached hydrogen (secondary N) is 2. The van der Waals surface area contributed by atoms with Crippen molar-refractivity contribution < 1.29 is 9.84 Å². The van der Waals surface area contributed by atoms with Gasteiger partial charge in [0, 0.05) is 31.0 Å². The second-order valence-corrected chi connectivity index (χ2v) is 8.44. The minimum absolute atomic E-state index is 0.328. The maximum Gasteiger partial charge on any atom is 0.191 e. The number of guanidine groups is 1. The fourth-order valence-corrected chi connectivity index (χ4v) is 5.51. The van der Waals surface area contributed by atoms with E-state index >= 15 is 0 Å². The molecule has 6 heteroatoms. The van der Waals surface area contributed by atoms with Gasteiger partial charge in [-0.05, 0) is 48.6 Å². The molecule has 3 fully saturated rings. The summed E-state index contributed by atoms with van der Waals surface area (Å²) in [6.07, 6.45) is 5.43. The first-order chi connectivity index (χ1) is 11.6. The van der Waals surface area contributed by atoms with Crippen molar-refractivity contribution in [3.05, 3.63) is 22.4 Å². The summed E-state index contributed by atoms with van der Waals surface area (Å²) in [5.74, 6) is 1.40. The van der Waals surface area contributed by atoms with Gasteiger partial charge in [0.25, 0.3) is 0 Å². The Bertz CT molecular complexity index is 610. The van der Waals surface area contributed by atoms with E-state index in [9.17, 15) is 5.11 Å². The third kappa shape index (κ3) is 2.47. The molecule has 1 aliphatic heterocycles. The van der Waals surface area contributed by atoms with Gasteiger partial charge in [-0.15, -0.1) is 0 Å². The van der Waals surface area contributed by atoms with Gasteiger partial charge in [-0.1, -0.05) is 6.42 Å². The van der Waals surface area contributed by atoms with E-state index in [0.29, 0.717) is 30.0 Å². The molecule has 2 heterocycles. The largest absolute Gasteiger partial charge is 0.384 e. The van der Waals surface area contributed by atoms with Crippen molar-refractivity contribution in [3.8, 4) is 0 Å². The Morgan fingerprint density at radius 1 is 1.54 bits per heavy atom. The van der Waals surface area contributed by atoms with E-state index in [1.165, 1.54) is 19.3 Å². The Morgan fingerprint density at radius 2 is 2.38 bits per heavy atom. The second kappa shape index (κ2) is 6.00. The van der Waals surface area contributed by atoms with Crippen molar-refractivity contribution in [2.24, 2.45) is 16.3 Å². The fraction of sp³-hybridized carbons (Fsp3) is 0.722. The molecule has 0 aromatic carbocycles. The van der Waals surface area contributed by atoms with Crippen molar-refractivity contribution in [3.63, 3.8) is 0 Å². The smallest absolute Gasteiger partial charge is 0.191 e. The standard InChI is InChI=1S/C18H27N3O2S/c1-17(22,12-5-9-24-10-12)11-20-16(19-2)21-14-13-4-8-23-15(13)18(14)6-3-7-18/h5,9-10,13-15,22H,3-4,6-8,11H2,1-2H3,(H2,19,20,21). The number of rotatable bonds is 4. The SMILES string of the molecule is CN=C(NCC(C)(O)c1ccsc1)NC1C2CCOC2C12CCC2. The Kier molecular flexibility index (Phi) is 4.09. The third-order valence-corrected chi connectivity index (χ3v) is 6.98. The third-order valence-electron chi connectivity index (χ3n) is 6.30. The van der Waals surface area contributed by atoms with Crippen LogP contribution < -0.4 is 10.6 Å². The summed E-state index contributed by atoms with van der Waals surface area (Å²) in [6, 6.07) is 2.43. The molecule has 0 bridgehead atoms. The molecule has 2 saturated carbocycles. The van der Waals surface area contributed by atoms with Crippen LogP contribution in [0.4, 0.5) is 0 Å². The van der Waals surface area contributed by atoms with E-state index in [0.717, 1.165) is 24.6 Å². The lowest BCUT2D eigenvalue weighted by Crippen LogP contribution is -2.72. The van der Waals surface area contributed by atoms with Crippen LogP contribution in [0.15, 0.2) is 21.8 Å². The molecule has 0 amide bonds. The predicted octanol–water partition coefficient (Wildman–Crippen LogP) is 2.08. The number of aliphatic hydroxyl groups is 1. The highest BCUT2D eigenvalue weighted by atomic mass is 32.1. The number of aliphatic imine (C=N–C) groups is 1. The van der Waals surface area contributed by atoms with Crippen molar-refractivity contribution >= 4 is 17.3 Å². The molecule has 4 unspecified atom stereocenters. The molecule has 3 aliphatic rings. The lowest BCUT2D eigenvalue weighted by atomic mass is 9.46. The monoisotopic (exact) mass is 349 g/mol. The van der Waals surface area contributed by atoms with E-state index in [4.69, 9.17) is 4.74 Å². The van der Waals surface area contributed by atoms with E-state index in [1.807, 2.05) is 23.8 Å².